The topological polar surface area (TPSA) is 66.8 Å². The molecule has 0 amide bonds. The van der Waals surface area contributed by atoms with Crippen molar-refractivity contribution in [3.05, 3.63) is 24.3 Å². The molecule has 0 saturated heterocycles. The molecule has 0 spiro atoms. The van der Waals surface area contributed by atoms with Crippen molar-refractivity contribution in [2.45, 2.75) is 6.92 Å². The molecule has 0 heterocycles. The van der Waals surface area contributed by atoms with Gasteiger partial charge in [0.15, 0.2) is 0 Å². The number of phenols is 1. The van der Waals surface area contributed by atoms with E-state index >= 15 is 0 Å². The van der Waals surface area contributed by atoms with E-state index in [4.69, 9.17) is 5.11 Å². The normalized spacial score (nSPS) is 15.2. The molecule has 0 saturated carbocycles. The Morgan fingerprint density at radius 2 is 1.92 bits per heavy atom. The van der Waals surface area contributed by atoms with Crippen molar-refractivity contribution < 1.29 is 19.1 Å². The molecule has 5 heteroatoms. The summed E-state index contributed by atoms with van der Waals surface area (Å²) in [6, 6.07) is 5.42. The lowest BCUT2D eigenvalue weighted by atomic mass is 10.3. The summed E-state index contributed by atoms with van der Waals surface area (Å²) in [5.74, 6) is 0.0558. The smallest absolute Gasteiger partial charge is 0.358 e. The fourth-order valence-corrected chi connectivity index (χ4v) is 1.92. The Hall–Kier alpha value is -0.830. The molecule has 0 radical (unpaired) electrons. The predicted molar refractivity (Wildman–Crippen MR) is 49.2 cm³/mol. The first-order chi connectivity index (χ1) is 6.06. The van der Waals surface area contributed by atoms with E-state index in [0.717, 1.165) is 0 Å². The van der Waals surface area contributed by atoms with Crippen molar-refractivity contribution in [1.82, 2.24) is 0 Å². The van der Waals surface area contributed by atoms with Crippen LogP contribution in [0, 0.1) is 0 Å². The number of phenolic OH excluding ortho intramolecular Hbond substituents is 1. The zero-order chi connectivity index (χ0) is 9.90. The molecular formula is C8H11O4P. The Kier molecular flexibility index (Phi) is 3.09. The second kappa shape index (κ2) is 3.92. The van der Waals surface area contributed by atoms with Crippen LogP contribution in [-0.4, -0.2) is 16.6 Å². The van der Waals surface area contributed by atoms with Crippen molar-refractivity contribution in [1.29, 1.82) is 0 Å². The molecule has 0 aromatic heterocycles. The van der Waals surface area contributed by atoms with Gasteiger partial charge in [0, 0.05) is 0 Å². The highest BCUT2D eigenvalue weighted by Crippen LogP contribution is 2.40. The Bertz CT molecular complexity index is 319. The summed E-state index contributed by atoms with van der Waals surface area (Å²) in [5.41, 5.74) is 0. The molecular weight excluding hydrogens is 191 g/mol. The third kappa shape index (κ3) is 2.56. The third-order valence-electron chi connectivity index (χ3n) is 1.48. The SMILES string of the molecule is CCOP(=O)(O)c1ccc(O)cc1. The summed E-state index contributed by atoms with van der Waals surface area (Å²) in [5, 5.41) is 9.13. The van der Waals surface area contributed by atoms with Crippen molar-refractivity contribution in [2.24, 2.45) is 0 Å². The van der Waals surface area contributed by atoms with Gasteiger partial charge in [0.2, 0.25) is 0 Å². The van der Waals surface area contributed by atoms with Crippen molar-refractivity contribution in [2.75, 3.05) is 6.61 Å². The summed E-state index contributed by atoms with van der Waals surface area (Å²) in [6.45, 7) is 1.82. The van der Waals surface area contributed by atoms with E-state index in [1.807, 2.05) is 0 Å². The maximum absolute atomic E-state index is 11.4. The van der Waals surface area contributed by atoms with Crippen LogP contribution < -0.4 is 5.30 Å². The zero-order valence-electron chi connectivity index (χ0n) is 7.17. The Labute approximate surface area is 76.3 Å². The molecule has 2 N–H and O–H groups in total. The van der Waals surface area contributed by atoms with Crippen LogP contribution in [0.25, 0.3) is 0 Å². The number of aromatic hydroxyl groups is 1. The average molecular weight is 202 g/mol. The van der Waals surface area contributed by atoms with Gasteiger partial charge in [-0.05, 0) is 31.2 Å². The van der Waals surface area contributed by atoms with E-state index in [2.05, 4.69) is 4.52 Å². The maximum Gasteiger partial charge on any atom is 0.358 e. The molecule has 1 rings (SSSR count). The van der Waals surface area contributed by atoms with Crippen LogP contribution in [0.15, 0.2) is 24.3 Å². The molecule has 1 aromatic carbocycles. The van der Waals surface area contributed by atoms with Crippen LogP contribution in [-0.2, 0) is 9.09 Å². The molecule has 0 aliphatic carbocycles. The van der Waals surface area contributed by atoms with Gasteiger partial charge in [-0.3, -0.25) is 4.57 Å². The monoisotopic (exact) mass is 202 g/mol. The standard InChI is InChI=1S/C8H11O4P/c1-2-12-13(10,11)8-5-3-7(9)4-6-8/h3-6,9H,2H2,1H3,(H,10,11). The second-order valence-electron chi connectivity index (χ2n) is 2.45. The number of hydrogen-bond acceptors (Lipinski definition) is 3. The highest BCUT2D eigenvalue weighted by atomic mass is 31.2. The Balaban J connectivity index is 2.94. The molecule has 4 nitrogen and oxygen atoms in total. The fourth-order valence-electron chi connectivity index (χ4n) is 0.891. The van der Waals surface area contributed by atoms with Crippen LogP contribution in [0.2, 0.25) is 0 Å². The molecule has 0 bridgehead atoms. The van der Waals surface area contributed by atoms with Gasteiger partial charge >= 0.3 is 7.60 Å². The fraction of sp³-hybridized carbons (Fsp3) is 0.250. The summed E-state index contributed by atoms with van der Waals surface area (Å²) in [7, 11) is -3.68. The van der Waals surface area contributed by atoms with Gasteiger partial charge in [0.25, 0.3) is 0 Å². The van der Waals surface area contributed by atoms with E-state index < -0.39 is 7.60 Å². The quantitative estimate of drug-likeness (QED) is 0.723. The summed E-state index contributed by atoms with van der Waals surface area (Å²) in [6.07, 6.45) is 0. The Morgan fingerprint density at radius 1 is 1.38 bits per heavy atom. The number of benzene rings is 1. The van der Waals surface area contributed by atoms with Gasteiger partial charge < -0.3 is 14.5 Å². The van der Waals surface area contributed by atoms with Gasteiger partial charge in [-0.2, -0.15) is 0 Å². The Morgan fingerprint density at radius 3 is 2.38 bits per heavy atom. The van der Waals surface area contributed by atoms with Crippen molar-refractivity contribution in [3.8, 4) is 5.75 Å². The maximum atomic E-state index is 11.4. The predicted octanol–water partition coefficient (Wildman–Crippen LogP) is 1.24. The zero-order valence-corrected chi connectivity index (χ0v) is 8.07. The van der Waals surface area contributed by atoms with Crippen LogP contribution in [0.1, 0.15) is 6.92 Å². The van der Waals surface area contributed by atoms with Gasteiger partial charge in [-0.25, -0.2) is 0 Å². The van der Waals surface area contributed by atoms with Crippen LogP contribution >= 0.6 is 7.60 Å². The summed E-state index contributed by atoms with van der Waals surface area (Å²) in [4.78, 5) is 9.33. The molecule has 0 aliphatic heterocycles. The molecule has 1 atom stereocenters. The lowest BCUT2D eigenvalue weighted by Crippen LogP contribution is -2.05. The minimum Gasteiger partial charge on any atom is -0.508 e. The lowest BCUT2D eigenvalue weighted by Gasteiger charge is -2.10. The first-order valence-electron chi connectivity index (χ1n) is 3.83. The number of hydrogen-bond donors (Lipinski definition) is 2. The molecule has 13 heavy (non-hydrogen) atoms. The van der Waals surface area contributed by atoms with Crippen LogP contribution in [0.3, 0.4) is 0 Å². The van der Waals surface area contributed by atoms with Crippen molar-refractivity contribution in [3.63, 3.8) is 0 Å². The molecule has 0 fully saturated rings. The van der Waals surface area contributed by atoms with Crippen LogP contribution in [0.4, 0.5) is 0 Å². The first kappa shape index (κ1) is 10.3. The van der Waals surface area contributed by atoms with Gasteiger partial charge in [0.05, 0.1) is 11.9 Å². The van der Waals surface area contributed by atoms with Crippen molar-refractivity contribution >= 4 is 12.9 Å². The molecule has 0 aliphatic rings. The largest absolute Gasteiger partial charge is 0.508 e. The van der Waals surface area contributed by atoms with Gasteiger partial charge in [-0.1, -0.05) is 0 Å². The summed E-state index contributed by atoms with van der Waals surface area (Å²) < 4.78 is 16.1. The van der Waals surface area contributed by atoms with Crippen LogP contribution in [0.5, 0.6) is 5.75 Å². The average Bonchev–Trinajstić information content (AvgIpc) is 2.05. The molecule has 72 valence electrons. The highest BCUT2D eigenvalue weighted by molar-refractivity contribution is 7.61. The third-order valence-corrected chi connectivity index (χ3v) is 3.04. The van der Waals surface area contributed by atoms with Gasteiger partial charge in [-0.15, -0.1) is 0 Å². The van der Waals surface area contributed by atoms with E-state index in [-0.39, 0.29) is 17.7 Å². The van der Waals surface area contributed by atoms with E-state index in [9.17, 15) is 9.46 Å². The van der Waals surface area contributed by atoms with Gasteiger partial charge in [0.1, 0.15) is 5.75 Å². The second-order valence-corrected chi connectivity index (χ2v) is 4.27. The first-order valence-corrected chi connectivity index (χ1v) is 5.41. The minimum atomic E-state index is -3.68. The minimum absolute atomic E-state index is 0.0558. The summed E-state index contributed by atoms with van der Waals surface area (Å²) >= 11 is 0. The van der Waals surface area contributed by atoms with E-state index in [1.54, 1.807) is 6.92 Å². The lowest BCUT2D eigenvalue weighted by molar-refractivity contribution is 0.284. The molecule has 1 aromatic rings. The highest BCUT2D eigenvalue weighted by Gasteiger charge is 2.21. The number of rotatable bonds is 3. The van der Waals surface area contributed by atoms with E-state index in [0.29, 0.717) is 0 Å². The molecule has 1 unspecified atom stereocenters. The van der Waals surface area contributed by atoms with E-state index in [1.165, 1.54) is 24.3 Å².